The Morgan fingerprint density at radius 1 is 1.55 bits per heavy atom. The fourth-order valence-corrected chi connectivity index (χ4v) is 2.54. The van der Waals surface area contributed by atoms with E-state index in [2.05, 4.69) is 4.98 Å². The molecular formula is C13H15N3O4. The number of hydrogen-bond acceptors (Lipinski definition) is 6. The molecule has 0 saturated carbocycles. The average molecular weight is 277 g/mol. The van der Waals surface area contributed by atoms with E-state index in [1.807, 2.05) is 4.90 Å². The summed E-state index contributed by atoms with van der Waals surface area (Å²) in [6.07, 6.45) is 1.97. The maximum Gasteiger partial charge on any atom is 0.298 e. The monoisotopic (exact) mass is 277 g/mol. The van der Waals surface area contributed by atoms with Crippen molar-refractivity contribution in [1.82, 2.24) is 4.98 Å². The third-order valence-electron chi connectivity index (χ3n) is 3.62. The van der Waals surface area contributed by atoms with E-state index >= 15 is 0 Å². The Hall–Kier alpha value is -2.15. The minimum Gasteiger partial charge on any atom is -0.423 e. The number of aliphatic hydroxyl groups is 1. The zero-order valence-corrected chi connectivity index (χ0v) is 10.9. The van der Waals surface area contributed by atoms with Crippen LogP contribution in [0.1, 0.15) is 12.8 Å². The minimum absolute atomic E-state index is 0.00392. The molecular weight excluding hydrogens is 262 g/mol. The summed E-state index contributed by atoms with van der Waals surface area (Å²) in [7, 11) is 0. The van der Waals surface area contributed by atoms with Gasteiger partial charge in [0, 0.05) is 31.8 Å². The van der Waals surface area contributed by atoms with E-state index in [-0.39, 0.29) is 18.2 Å². The van der Waals surface area contributed by atoms with Crippen LogP contribution in [0.25, 0.3) is 11.1 Å². The number of fused-ring (bicyclic) bond motifs is 1. The number of oxazole rings is 1. The molecule has 106 valence electrons. The van der Waals surface area contributed by atoms with E-state index in [9.17, 15) is 15.2 Å². The van der Waals surface area contributed by atoms with Crippen molar-refractivity contribution in [2.45, 2.75) is 12.8 Å². The van der Waals surface area contributed by atoms with Gasteiger partial charge in [0.15, 0.2) is 5.58 Å². The van der Waals surface area contributed by atoms with Gasteiger partial charge in [-0.3, -0.25) is 10.1 Å². The molecule has 1 aromatic carbocycles. The third kappa shape index (κ3) is 2.32. The number of benzene rings is 1. The molecule has 7 nitrogen and oxygen atoms in total. The summed E-state index contributed by atoms with van der Waals surface area (Å²) in [5.74, 6) is 0.230. The van der Waals surface area contributed by atoms with Crippen LogP contribution in [0.5, 0.6) is 0 Å². The number of hydrogen-bond donors (Lipinski definition) is 1. The highest BCUT2D eigenvalue weighted by atomic mass is 16.6. The molecule has 1 aromatic heterocycles. The highest BCUT2D eigenvalue weighted by Crippen LogP contribution is 2.28. The third-order valence-corrected chi connectivity index (χ3v) is 3.62. The van der Waals surface area contributed by atoms with Crippen molar-refractivity contribution in [2.75, 3.05) is 24.6 Å². The first-order valence-corrected chi connectivity index (χ1v) is 6.58. The molecule has 20 heavy (non-hydrogen) atoms. The molecule has 2 heterocycles. The van der Waals surface area contributed by atoms with Gasteiger partial charge in [0.05, 0.1) is 4.92 Å². The second-order valence-electron chi connectivity index (χ2n) is 5.04. The van der Waals surface area contributed by atoms with Crippen molar-refractivity contribution >= 4 is 22.8 Å². The maximum absolute atomic E-state index is 10.7. The Bertz CT molecular complexity index is 640. The number of nitro benzene ring substituents is 1. The normalized spacial score (nSPS) is 19.4. The van der Waals surface area contributed by atoms with Gasteiger partial charge < -0.3 is 14.4 Å². The number of nitro groups is 1. The highest BCUT2D eigenvalue weighted by Gasteiger charge is 2.23. The number of rotatable bonds is 3. The summed E-state index contributed by atoms with van der Waals surface area (Å²) in [5.41, 5.74) is 1.03. The van der Waals surface area contributed by atoms with Gasteiger partial charge in [-0.15, -0.1) is 0 Å². The Morgan fingerprint density at radius 2 is 2.40 bits per heavy atom. The quantitative estimate of drug-likeness (QED) is 0.680. The molecule has 0 unspecified atom stereocenters. The van der Waals surface area contributed by atoms with E-state index in [1.165, 1.54) is 12.1 Å². The zero-order chi connectivity index (χ0) is 14.1. The van der Waals surface area contributed by atoms with Crippen LogP contribution in [0.4, 0.5) is 11.7 Å². The van der Waals surface area contributed by atoms with Crippen LogP contribution in [0.3, 0.4) is 0 Å². The van der Waals surface area contributed by atoms with Crippen molar-refractivity contribution in [3.63, 3.8) is 0 Å². The SMILES string of the molecule is O=[N+]([O-])c1ccc2oc(N3CCC[C@H](CO)C3)nc2c1. The average Bonchev–Trinajstić information content (AvgIpc) is 2.90. The van der Waals surface area contributed by atoms with E-state index in [1.54, 1.807) is 6.07 Å². The van der Waals surface area contributed by atoms with Crippen LogP contribution in [0, 0.1) is 16.0 Å². The van der Waals surface area contributed by atoms with E-state index in [0.29, 0.717) is 23.7 Å². The lowest BCUT2D eigenvalue weighted by Crippen LogP contribution is -2.36. The lowest BCUT2D eigenvalue weighted by molar-refractivity contribution is -0.384. The molecule has 1 aliphatic heterocycles. The number of aromatic nitrogens is 1. The van der Waals surface area contributed by atoms with E-state index in [4.69, 9.17) is 4.42 Å². The molecule has 0 aliphatic carbocycles. The van der Waals surface area contributed by atoms with Crippen LogP contribution >= 0.6 is 0 Å². The molecule has 1 atom stereocenters. The lowest BCUT2D eigenvalue weighted by atomic mass is 10.00. The van der Waals surface area contributed by atoms with Crippen LogP contribution < -0.4 is 4.90 Å². The highest BCUT2D eigenvalue weighted by molar-refractivity contribution is 5.77. The molecule has 0 radical (unpaired) electrons. The maximum atomic E-state index is 10.7. The smallest absolute Gasteiger partial charge is 0.298 e. The van der Waals surface area contributed by atoms with Crippen LogP contribution in [-0.4, -0.2) is 34.7 Å². The van der Waals surface area contributed by atoms with Crippen molar-refractivity contribution in [3.05, 3.63) is 28.3 Å². The van der Waals surface area contributed by atoms with Gasteiger partial charge in [-0.1, -0.05) is 0 Å². The van der Waals surface area contributed by atoms with E-state index in [0.717, 1.165) is 19.4 Å². The number of aliphatic hydroxyl groups excluding tert-OH is 1. The molecule has 1 aliphatic rings. The van der Waals surface area contributed by atoms with Gasteiger partial charge in [-0.25, -0.2) is 0 Å². The summed E-state index contributed by atoms with van der Waals surface area (Å²) in [6.45, 7) is 1.68. The topological polar surface area (TPSA) is 92.6 Å². The summed E-state index contributed by atoms with van der Waals surface area (Å²) in [4.78, 5) is 16.6. The van der Waals surface area contributed by atoms with Gasteiger partial charge in [-0.2, -0.15) is 4.98 Å². The van der Waals surface area contributed by atoms with Crippen molar-refractivity contribution < 1.29 is 14.4 Å². The molecule has 7 heteroatoms. The van der Waals surface area contributed by atoms with Gasteiger partial charge in [0.1, 0.15) is 5.52 Å². The molecule has 3 rings (SSSR count). The fraction of sp³-hybridized carbons (Fsp3) is 0.462. The predicted molar refractivity (Wildman–Crippen MR) is 72.7 cm³/mol. The van der Waals surface area contributed by atoms with Gasteiger partial charge in [0.25, 0.3) is 11.7 Å². The first-order valence-electron chi connectivity index (χ1n) is 6.58. The standard InChI is InChI=1S/C13H15N3O4/c17-8-9-2-1-5-15(7-9)13-14-11-6-10(16(18)19)3-4-12(11)20-13/h3-4,6,9,17H,1-2,5,7-8H2/t9-/m0/s1. The first kappa shape index (κ1) is 12.9. The van der Waals surface area contributed by atoms with Crippen molar-refractivity contribution in [1.29, 1.82) is 0 Å². The minimum atomic E-state index is -0.448. The van der Waals surface area contributed by atoms with Crippen LogP contribution in [0.2, 0.25) is 0 Å². The Labute approximate surface area is 115 Å². The number of piperidine rings is 1. The van der Waals surface area contributed by atoms with Crippen LogP contribution in [0.15, 0.2) is 22.6 Å². The Morgan fingerprint density at radius 3 is 3.15 bits per heavy atom. The molecule has 0 amide bonds. The predicted octanol–water partition coefficient (Wildman–Crippen LogP) is 1.94. The Balaban J connectivity index is 1.90. The number of nitrogens with zero attached hydrogens (tertiary/aromatic N) is 3. The van der Waals surface area contributed by atoms with Gasteiger partial charge in [-0.05, 0) is 24.8 Å². The second-order valence-corrected chi connectivity index (χ2v) is 5.04. The molecule has 1 fully saturated rings. The number of anilines is 1. The van der Waals surface area contributed by atoms with Crippen LogP contribution in [-0.2, 0) is 0 Å². The fourth-order valence-electron chi connectivity index (χ4n) is 2.54. The second kappa shape index (κ2) is 5.09. The molecule has 0 spiro atoms. The summed E-state index contributed by atoms with van der Waals surface area (Å²) < 4.78 is 5.65. The van der Waals surface area contributed by atoms with E-state index < -0.39 is 4.92 Å². The Kier molecular flexibility index (Phi) is 3.27. The largest absolute Gasteiger partial charge is 0.423 e. The van der Waals surface area contributed by atoms with Crippen molar-refractivity contribution in [2.24, 2.45) is 5.92 Å². The van der Waals surface area contributed by atoms with Gasteiger partial charge in [0.2, 0.25) is 0 Å². The van der Waals surface area contributed by atoms with Gasteiger partial charge >= 0.3 is 0 Å². The summed E-state index contributed by atoms with van der Waals surface area (Å²) >= 11 is 0. The first-order chi connectivity index (χ1) is 9.67. The molecule has 0 bridgehead atoms. The lowest BCUT2D eigenvalue weighted by Gasteiger charge is -2.30. The van der Waals surface area contributed by atoms with Crippen molar-refractivity contribution in [3.8, 4) is 0 Å². The molecule has 2 aromatic rings. The molecule has 1 saturated heterocycles. The zero-order valence-electron chi connectivity index (χ0n) is 10.9. The summed E-state index contributed by atoms with van der Waals surface area (Å²) in [6, 6.07) is 4.86. The number of non-ortho nitro benzene ring substituents is 1. The summed E-state index contributed by atoms with van der Waals surface area (Å²) in [5, 5.41) is 20.0. The molecule has 1 N–H and O–H groups in total.